The van der Waals surface area contributed by atoms with Crippen LogP contribution >= 0.6 is 0 Å². The van der Waals surface area contributed by atoms with Crippen LogP contribution in [0.5, 0.6) is 5.75 Å². The van der Waals surface area contributed by atoms with Crippen LogP contribution in [0.25, 0.3) is 0 Å². The molecule has 1 aromatic rings. The summed E-state index contributed by atoms with van der Waals surface area (Å²) in [5.41, 5.74) is 0.0706. The molecule has 0 saturated heterocycles. The average Bonchev–Trinajstić information content (AvgIpc) is 2.36. The van der Waals surface area contributed by atoms with Crippen LogP contribution in [0.3, 0.4) is 0 Å². The van der Waals surface area contributed by atoms with Gasteiger partial charge in [-0.25, -0.2) is 11.3 Å². The van der Waals surface area contributed by atoms with E-state index >= 15 is 0 Å². The number of hydrogen-bond acceptors (Lipinski definition) is 1. The summed E-state index contributed by atoms with van der Waals surface area (Å²) in [6, 6.07) is 3.68. The third-order valence-corrected chi connectivity index (χ3v) is 3.10. The molecule has 0 saturated carbocycles. The molecule has 19 heavy (non-hydrogen) atoms. The van der Waals surface area contributed by atoms with E-state index in [-0.39, 0.29) is 0 Å². The first-order valence-electron chi connectivity index (χ1n) is 6.61. The maximum Gasteiger partial charge on any atom is 0.416 e. The lowest BCUT2D eigenvalue weighted by atomic mass is 9.57. The van der Waals surface area contributed by atoms with Gasteiger partial charge in [-0.05, 0) is 13.0 Å². The smallest absolute Gasteiger partial charge is 0.416 e. The molecule has 0 N–H and O–H groups in total. The minimum absolute atomic E-state index is 0.309. The molecule has 0 unspecified atom stereocenters. The van der Waals surface area contributed by atoms with E-state index in [9.17, 15) is 13.2 Å². The van der Waals surface area contributed by atoms with E-state index in [4.69, 9.17) is 4.74 Å². The summed E-state index contributed by atoms with van der Waals surface area (Å²) in [5.74, 6) is 0.667. The van der Waals surface area contributed by atoms with Gasteiger partial charge >= 0.3 is 6.18 Å². The lowest BCUT2D eigenvalue weighted by Crippen LogP contribution is -2.23. The fraction of sp³-hybridized carbons (Fsp3) is 0.571. The topological polar surface area (TPSA) is 9.23 Å². The average molecular weight is 271 g/mol. The second-order valence-electron chi connectivity index (χ2n) is 4.43. The minimum Gasteiger partial charge on any atom is -0.497 e. The van der Waals surface area contributed by atoms with Gasteiger partial charge < -0.3 is 4.74 Å². The quantitative estimate of drug-likeness (QED) is 0.709. The molecule has 0 fully saturated rings. The van der Waals surface area contributed by atoms with Crippen molar-refractivity contribution in [2.45, 2.75) is 45.6 Å². The molecular formula is C14H19BF3O-. The number of benzene rings is 1. The van der Waals surface area contributed by atoms with E-state index < -0.39 is 11.7 Å². The molecule has 0 aromatic heterocycles. The van der Waals surface area contributed by atoms with Crippen LogP contribution in [0.2, 0.25) is 5.82 Å². The summed E-state index contributed by atoms with van der Waals surface area (Å²) < 4.78 is 43.3. The van der Waals surface area contributed by atoms with Gasteiger partial charge in [-0.15, -0.1) is 0 Å². The standard InChI is InChI=1S/C14H19BF3O/c1-4-11(5-2)15-12-8-7-10(14(16,17)18)9-13(12)19-6-3/h7-9,11H,4-6H2,1-3H3/q-1. The number of rotatable bonds is 6. The van der Waals surface area contributed by atoms with Crippen LogP contribution < -0.4 is 10.2 Å². The summed E-state index contributed by atoms with van der Waals surface area (Å²) in [5, 5.41) is 0. The summed E-state index contributed by atoms with van der Waals surface area (Å²) in [6.07, 6.45) is -2.41. The molecule has 0 amide bonds. The highest BCUT2D eigenvalue weighted by molar-refractivity contribution is 6.56. The van der Waals surface area contributed by atoms with Gasteiger partial charge in [-0.3, -0.25) is 7.28 Å². The highest BCUT2D eigenvalue weighted by Crippen LogP contribution is 2.31. The van der Waals surface area contributed by atoms with Gasteiger partial charge in [-0.2, -0.15) is 13.2 Å². The highest BCUT2D eigenvalue weighted by atomic mass is 19.4. The molecule has 0 aliphatic heterocycles. The molecule has 0 spiro atoms. The van der Waals surface area contributed by atoms with Gasteiger partial charge in [0.1, 0.15) is 0 Å². The molecule has 0 aliphatic rings. The number of halogens is 3. The lowest BCUT2D eigenvalue weighted by Gasteiger charge is -2.29. The molecule has 0 atom stereocenters. The van der Waals surface area contributed by atoms with Gasteiger partial charge in [0, 0.05) is 0 Å². The van der Waals surface area contributed by atoms with Crippen molar-refractivity contribution in [3.63, 3.8) is 0 Å². The largest absolute Gasteiger partial charge is 0.497 e. The predicted molar refractivity (Wildman–Crippen MR) is 72.3 cm³/mol. The van der Waals surface area contributed by atoms with Crippen LogP contribution in [0.4, 0.5) is 13.2 Å². The first-order valence-corrected chi connectivity index (χ1v) is 6.61. The van der Waals surface area contributed by atoms with Gasteiger partial charge in [0.15, 0.2) is 0 Å². The Bertz CT molecular complexity index is 400. The summed E-state index contributed by atoms with van der Waals surface area (Å²) in [4.78, 5) is 0. The SMILES string of the molecule is CCOc1cc(C(F)(F)F)ccc1[B-]C(CC)CC. The van der Waals surface area contributed by atoms with E-state index in [0.717, 1.165) is 30.4 Å². The molecule has 2 radical (unpaired) electrons. The number of ether oxygens (including phenoxy) is 1. The van der Waals surface area contributed by atoms with E-state index in [0.29, 0.717) is 18.2 Å². The fourth-order valence-corrected chi connectivity index (χ4v) is 1.91. The Balaban J connectivity index is 3.04. The van der Waals surface area contributed by atoms with Gasteiger partial charge in [0.2, 0.25) is 0 Å². The van der Waals surface area contributed by atoms with Crippen molar-refractivity contribution in [1.29, 1.82) is 0 Å². The van der Waals surface area contributed by atoms with E-state index in [1.54, 1.807) is 6.92 Å². The first kappa shape index (κ1) is 15.9. The van der Waals surface area contributed by atoms with Crippen molar-refractivity contribution >= 4 is 12.7 Å². The van der Waals surface area contributed by atoms with E-state index in [1.807, 2.05) is 7.28 Å². The van der Waals surface area contributed by atoms with Crippen molar-refractivity contribution in [3.8, 4) is 5.75 Å². The van der Waals surface area contributed by atoms with Crippen molar-refractivity contribution in [3.05, 3.63) is 23.8 Å². The first-order chi connectivity index (χ1) is 8.92. The van der Waals surface area contributed by atoms with Crippen LogP contribution in [0, 0.1) is 0 Å². The Hall–Kier alpha value is -1.13. The van der Waals surface area contributed by atoms with Crippen LogP contribution in [0.15, 0.2) is 18.2 Å². The molecule has 0 bridgehead atoms. The fourth-order valence-electron chi connectivity index (χ4n) is 1.91. The Morgan fingerprint density at radius 3 is 2.26 bits per heavy atom. The second-order valence-corrected chi connectivity index (χ2v) is 4.43. The highest BCUT2D eigenvalue weighted by Gasteiger charge is 2.30. The normalized spacial score (nSPS) is 11.9. The zero-order chi connectivity index (χ0) is 14.5. The number of alkyl halides is 3. The second kappa shape index (κ2) is 6.87. The molecule has 1 rings (SSSR count). The summed E-state index contributed by atoms with van der Waals surface area (Å²) >= 11 is 0. The third-order valence-electron chi connectivity index (χ3n) is 3.10. The molecule has 106 valence electrons. The van der Waals surface area contributed by atoms with Gasteiger partial charge in [0.05, 0.1) is 17.9 Å². The van der Waals surface area contributed by atoms with Crippen molar-refractivity contribution in [2.24, 2.45) is 0 Å². The summed E-state index contributed by atoms with van der Waals surface area (Å²) in [6.45, 7) is 6.25. The molecule has 5 heteroatoms. The summed E-state index contributed by atoms with van der Waals surface area (Å²) in [7, 11) is 1.99. The van der Waals surface area contributed by atoms with Crippen LogP contribution in [-0.4, -0.2) is 13.9 Å². The number of hydrogen-bond donors (Lipinski definition) is 0. The minimum atomic E-state index is -4.33. The molecule has 1 aromatic carbocycles. The predicted octanol–water partition coefficient (Wildman–Crippen LogP) is 4.04. The van der Waals surface area contributed by atoms with Crippen molar-refractivity contribution < 1.29 is 17.9 Å². The Kier molecular flexibility index (Phi) is 5.76. The van der Waals surface area contributed by atoms with Gasteiger partial charge in [-0.1, -0.05) is 38.8 Å². The maximum atomic E-state index is 12.7. The zero-order valence-electron chi connectivity index (χ0n) is 11.6. The van der Waals surface area contributed by atoms with E-state index in [2.05, 4.69) is 13.8 Å². The van der Waals surface area contributed by atoms with Crippen LogP contribution in [0.1, 0.15) is 39.2 Å². The maximum absolute atomic E-state index is 12.7. The monoisotopic (exact) mass is 271 g/mol. The van der Waals surface area contributed by atoms with E-state index in [1.165, 1.54) is 6.07 Å². The molecular weight excluding hydrogens is 252 g/mol. The third kappa shape index (κ3) is 4.48. The van der Waals surface area contributed by atoms with Crippen molar-refractivity contribution in [1.82, 2.24) is 0 Å². The Labute approximate surface area is 113 Å². The van der Waals surface area contributed by atoms with Gasteiger partial charge in [0.25, 0.3) is 0 Å². The van der Waals surface area contributed by atoms with Crippen LogP contribution in [-0.2, 0) is 6.18 Å². The zero-order valence-corrected chi connectivity index (χ0v) is 11.6. The molecule has 1 nitrogen and oxygen atoms in total. The molecule has 0 aliphatic carbocycles. The van der Waals surface area contributed by atoms with Crippen molar-refractivity contribution in [2.75, 3.05) is 6.61 Å². The Morgan fingerprint density at radius 1 is 1.16 bits per heavy atom. The Morgan fingerprint density at radius 2 is 1.79 bits per heavy atom. The lowest BCUT2D eigenvalue weighted by molar-refractivity contribution is -0.137. The molecule has 0 heterocycles.